The Kier molecular flexibility index (Phi) is 4.31. The molecule has 1 heterocycles. The molecule has 0 bridgehead atoms. The molecule has 4 nitrogen and oxygen atoms in total. The van der Waals surface area contributed by atoms with Gasteiger partial charge in [0.25, 0.3) is 0 Å². The number of thiophene rings is 1. The zero-order valence-corrected chi connectivity index (χ0v) is 12.3. The van der Waals surface area contributed by atoms with Gasteiger partial charge in [-0.25, -0.2) is 13.1 Å². The number of hydrogen-bond donors (Lipinski definition) is 2. The second-order valence-corrected chi connectivity index (χ2v) is 7.03. The van der Waals surface area contributed by atoms with Crippen LogP contribution in [0.3, 0.4) is 0 Å². The first-order chi connectivity index (χ1) is 8.99. The van der Waals surface area contributed by atoms with Gasteiger partial charge < -0.3 is 5.73 Å². The van der Waals surface area contributed by atoms with E-state index in [0.29, 0.717) is 5.56 Å². The van der Waals surface area contributed by atoms with Crippen molar-refractivity contribution in [1.29, 1.82) is 0 Å². The Balaban J connectivity index is 2.13. The van der Waals surface area contributed by atoms with Crippen molar-refractivity contribution >= 4 is 38.6 Å². The molecule has 0 saturated heterocycles. The van der Waals surface area contributed by atoms with E-state index >= 15 is 0 Å². The Morgan fingerprint density at radius 1 is 1.26 bits per heavy atom. The Labute approximate surface area is 121 Å². The molecule has 0 aliphatic carbocycles. The lowest BCUT2D eigenvalue weighted by Gasteiger charge is -2.06. The minimum atomic E-state index is -3.51. The molecule has 100 valence electrons. The Morgan fingerprint density at radius 3 is 2.47 bits per heavy atom. The van der Waals surface area contributed by atoms with E-state index in [9.17, 15) is 8.42 Å². The second-order valence-electron chi connectivity index (χ2n) is 3.79. The molecule has 7 heteroatoms. The largest absolute Gasteiger partial charge is 0.389 e. The molecule has 0 aliphatic rings. The lowest BCUT2D eigenvalue weighted by atomic mass is 10.2. The average Bonchev–Trinajstić information content (AvgIpc) is 2.90. The molecule has 2 rings (SSSR count). The fourth-order valence-corrected chi connectivity index (χ4v) is 3.34. The quantitative estimate of drug-likeness (QED) is 0.827. The van der Waals surface area contributed by atoms with E-state index in [4.69, 9.17) is 18.0 Å². The first kappa shape index (κ1) is 14.1. The Hall–Kier alpha value is -1.28. The lowest BCUT2D eigenvalue weighted by molar-refractivity contribution is 0.582. The van der Waals surface area contributed by atoms with Gasteiger partial charge in [0.15, 0.2) is 0 Å². The highest BCUT2D eigenvalue weighted by Crippen LogP contribution is 2.13. The molecule has 1 aromatic carbocycles. The van der Waals surface area contributed by atoms with Crippen molar-refractivity contribution in [3.63, 3.8) is 0 Å². The molecule has 0 atom stereocenters. The van der Waals surface area contributed by atoms with E-state index in [2.05, 4.69) is 4.72 Å². The number of hydrogen-bond acceptors (Lipinski definition) is 4. The molecule has 3 N–H and O–H groups in total. The summed E-state index contributed by atoms with van der Waals surface area (Å²) in [7, 11) is -3.51. The van der Waals surface area contributed by atoms with Crippen LogP contribution < -0.4 is 10.5 Å². The third-order valence-electron chi connectivity index (χ3n) is 2.47. The number of benzene rings is 1. The van der Waals surface area contributed by atoms with Gasteiger partial charge in [-0.3, -0.25) is 0 Å². The first-order valence-corrected chi connectivity index (χ1v) is 8.18. The van der Waals surface area contributed by atoms with Gasteiger partial charge in [-0.05, 0) is 23.6 Å². The van der Waals surface area contributed by atoms with Crippen molar-refractivity contribution in [2.75, 3.05) is 0 Å². The van der Waals surface area contributed by atoms with E-state index in [1.807, 2.05) is 17.5 Å². The van der Waals surface area contributed by atoms with Gasteiger partial charge in [0.1, 0.15) is 4.99 Å². The van der Waals surface area contributed by atoms with Crippen LogP contribution >= 0.6 is 23.6 Å². The van der Waals surface area contributed by atoms with Crippen LogP contribution in [0.2, 0.25) is 0 Å². The SMILES string of the molecule is NC(=S)c1ccc(S(=O)(=O)NCc2cccs2)cc1. The molecule has 0 amide bonds. The van der Waals surface area contributed by atoms with Gasteiger partial charge in [-0.2, -0.15) is 0 Å². The van der Waals surface area contributed by atoms with Crippen molar-refractivity contribution in [2.45, 2.75) is 11.4 Å². The molecule has 0 radical (unpaired) electrons. The van der Waals surface area contributed by atoms with E-state index < -0.39 is 10.0 Å². The van der Waals surface area contributed by atoms with Crippen LogP contribution in [0.4, 0.5) is 0 Å². The molecule has 19 heavy (non-hydrogen) atoms. The zero-order valence-electron chi connectivity index (χ0n) is 9.87. The third kappa shape index (κ3) is 3.60. The number of rotatable bonds is 5. The van der Waals surface area contributed by atoms with Crippen LogP contribution in [-0.4, -0.2) is 13.4 Å². The fraction of sp³-hybridized carbons (Fsp3) is 0.0833. The molecule has 0 aliphatic heterocycles. The summed E-state index contributed by atoms with van der Waals surface area (Å²) in [5.41, 5.74) is 6.11. The third-order valence-corrected chi connectivity index (χ3v) is 4.99. The fourth-order valence-electron chi connectivity index (χ4n) is 1.46. The van der Waals surface area contributed by atoms with E-state index in [-0.39, 0.29) is 16.4 Å². The molecule has 0 unspecified atom stereocenters. The molecule has 0 spiro atoms. The van der Waals surface area contributed by atoms with Gasteiger partial charge in [-0.15, -0.1) is 11.3 Å². The predicted molar refractivity (Wildman–Crippen MR) is 80.7 cm³/mol. The number of nitrogens with two attached hydrogens (primary N) is 1. The smallest absolute Gasteiger partial charge is 0.240 e. The summed E-state index contributed by atoms with van der Waals surface area (Å²) in [6, 6.07) is 9.94. The summed E-state index contributed by atoms with van der Waals surface area (Å²) in [6.45, 7) is 0.289. The van der Waals surface area contributed by atoms with Crippen molar-refractivity contribution in [2.24, 2.45) is 5.73 Å². The summed E-state index contributed by atoms with van der Waals surface area (Å²) in [5, 5.41) is 1.90. The average molecular weight is 312 g/mol. The van der Waals surface area contributed by atoms with Crippen LogP contribution in [0.15, 0.2) is 46.7 Å². The summed E-state index contributed by atoms with van der Waals surface area (Å²) in [6.07, 6.45) is 0. The molecule has 0 fully saturated rings. The van der Waals surface area contributed by atoms with Gasteiger partial charge >= 0.3 is 0 Å². The van der Waals surface area contributed by atoms with Crippen LogP contribution in [0.1, 0.15) is 10.4 Å². The highest BCUT2D eigenvalue weighted by Gasteiger charge is 2.13. The predicted octanol–water partition coefficient (Wildman–Crippen LogP) is 1.86. The van der Waals surface area contributed by atoms with Crippen LogP contribution in [0.25, 0.3) is 0 Å². The van der Waals surface area contributed by atoms with Gasteiger partial charge in [0.2, 0.25) is 10.0 Å². The topological polar surface area (TPSA) is 72.2 Å². The first-order valence-electron chi connectivity index (χ1n) is 5.41. The number of nitrogens with one attached hydrogen (secondary N) is 1. The summed E-state index contributed by atoms with van der Waals surface area (Å²) >= 11 is 6.32. The second kappa shape index (κ2) is 5.79. The highest BCUT2D eigenvalue weighted by molar-refractivity contribution is 7.89. The minimum absolute atomic E-state index is 0.198. The molecule has 0 saturated carbocycles. The molecule has 2 aromatic rings. The van der Waals surface area contributed by atoms with Crippen LogP contribution in [0, 0.1) is 0 Å². The molecular weight excluding hydrogens is 300 g/mol. The standard InChI is InChI=1S/C12H12N2O2S3/c13-12(17)9-3-5-11(6-4-9)19(15,16)14-8-10-2-1-7-18-10/h1-7,14H,8H2,(H2,13,17). The van der Waals surface area contributed by atoms with E-state index in [1.54, 1.807) is 12.1 Å². The maximum absolute atomic E-state index is 12.0. The number of thiocarbonyl (C=S) groups is 1. The van der Waals surface area contributed by atoms with Crippen LogP contribution in [-0.2, 0) is 16.6 Å². The summed E-state index contributed by atoms with van der Waals surface area (Å²) < 4.78 is 26.6. The van der Waals surface area contributed by atoms with Gasteiger partial charge in [0.05, 0.1) is 4.90 Å². The Morgan fingerprint density at radius 2 is 1.95 bits per heavy atom. The lowest BCUT2D eigenvalue weighted by Crippen LogP contribution is -2.23. The highest BCUT2D eigenvalue weighted by atomic mass is 32.2. The summed E-state index contributed by atoms with van der Waals surface area (Å²) in [4.78, 5) is 1.41. The van der Waals surface area contributed by atoms with E-state index in [1.165, 1.54) is 23.5 Å². The molecule has 1 aromatic heterocycles. The van der Waals surface area contributed by atoms with Crippen molar-refractivity contribution in [3.05, 3.63) is 52.2 Å². The normalized spacial score (nSPS) is 11.4. The van der Waals surface area contributed by atoms with Crippen molar-refractivity contribution in [1.82, 2.24) is 4.72 Å². The maximum Gasteiger partial charge on any atom is 0.240 e. The molecular formula is C12H12N2O2S3. The van der Waals surface area contributed by atoms with Crippen molar-refractivity contribution < 1.29 is 8.42 Å². The van der Waals surface area contributed by atoms with Gasteiger partial charge in [0, 0.05) is 17.0 Å². The summed E-state index contributed by atoms with van der Waals surface area (Å²) in [5.74, 6) is 0. The van der Waals surface area contributed by atoms with E-state index in [0.717, 1.165) is 4.88 Å². The monoisotopic (exact) mass is 312 g/mol. The van der Waals surface area contributed by atoms with Gasteiger partial charge in [-0.1, -0.05) is 30.4 Å². The zero-order chi connectivity index (χ0) is 13.9. The maximum atomic E-state index is 12.0. The Bertz CT molecular complexity index is 662. The van der Waals surface area contributed by atoms with Crippen molar-refractivity contribution in [3.8, 4) is 0 Å². The minimum Gasteiger partial charge on any atom is -0.389 e. The number of sulfonamides is 1. The van der Waals surface area contributed by atoms with Crippen LogP contribution in [0.5, 0.6) is 0 Å².